The Kier molecular flexibility index (Phi) is 4.77. The van der Waals surface area contributed by atoms with Crippen LogP contribution in [0.25, 0.3) is 32.0 Å². The Morgan fingerprint density at radius 2 is 1.90 bits per heavy atom. The van der Waals surface area contributed by atoms with Crippen LogP contribution in [-0.2, 0) is 6.54 Å². The van der Waals surface area contributed by atoms with Gasteiger partial charge in [0.1, 0.15) is 11.5 Å². The molecule has 4 aromatic heterocycles. The van der Waals surface area contributed by atoms with Gasteiger partial charge in [0.15, 0.2) is 0 Å². The largest absolute Gasteiger partial charge is 0.378 e. The topological polar surface area (TPSA) is 66.5 Å². The van der Waals surface area contributed by atoms with Crippen LogP contribution in [0.4, 0.5) is 5.69 Å². The number of anilines is 1. The molecule has 0 aliphatic rings. The number of hydrogen-bond donors (Lipinski definition) is 2. The lowest BCUT2D eigenvalue weighted by molar-refractivity contribution is 1.00. The summed E-state index contributed by atoms with van der Waals surface area (Å²) in [6, 6.07) is 18.6. The van der Waals surface area contributed by atoms with E-state index in [0.29, 0.717) is 6.54 Å². The Hall–Kier alpha value is -3.51. The van der Waals surface area contributed by atoms with E-state index in [4.69, 9.17) is 9.97 Å². The van der Waals surface area contributed by atoms with Crippen LogP contribution in [0.15, 0.2) is 67.0 Å². The number of nitrogens with zero attached hydrogens (tertiary/aromatic N) is 3. The highest BCUT2D eigenvalue weighted by molar-refractivity contribution is 7.22. The number of aromatic amines is 1. The molecule has 0 aliphatic heterocycles. The average molecular weight is 412 g/mol. The van der Waals surface area contributed by atoms with Gasteiger partial charge in [0.2, 0.25) is 0 Å². The van der Waals surface area contributed by atoms with Crippen LogP contribution in [-0.4, -0.2) is 19.9 Å². The van der Waals surface area contributed by atoms with Crippen LogP contribution in [0.3, 0.4) is 0 Å². The van der Waals surface area contributed by atoms with E-state index < -0.39 is 0 Å². The molecule has 5 nitrogen and oxygen atoms in total. The second-order valence-corrected chi connectivity index (χ2v) is 8.40. The predicted molar refractivity (Wildman–Crippen MR) is 124 cm³/mol. The number of H-pyrrole nitrogens is 1. The first-order chi connectivity index (χ1) is 14.7. The Morgan fingerprint density at radius 1 is 1.00 bits per heavy atom. The molecule has 5 aromatic rings. The molecule has 0 unspecified atom stereocenters. The fraction of sp³-hybridized carbons (Fsp3) is 0.125. The summed E-state index contributed by atoms with van der Waals surface area (Å²) in [6.45, 7) is 4.70. The predicted octanol–water partition coefficient (Wildman–Crippen LogP) is 5.98. The maximum atomic E-state index is 4.92. The second kappa shape index (κ2) is 7.72. The molecule has 0 fully saturated rings. The maximum absolute atomic E-state index is 4.92. The molecule has 0 spiro atoms. The van der Waals surface area contributed by atoms with Crippen molar-refractivity contribution >= 4 is 27.1 Å². The lowest BCUT2D eigenvalue weighted by atomic mass is 10.2. The molecule has 1 aromatic carbocycles. The number of aromatic nitrogens is 4. The number of nitrogens with one attached hydrogen (secondary N) is 2. The first-order valence-corrected chi connectivity index (χ1v) is 10.6. The first kappa shape index (κ1) is 18.5. The van der Waals surface area contributed by atoms with Gasteiger partial charge in [-0.3, -0.25) is 9.97 Å². The van der Waals surface area contributed by atoms with E-state index in [-0.39, 0.29) is 0 Å². The van der Waals surface area contributed by atoms with E-state index >= 15 is 0 Å². The standard InChI is InChI=1S/C24H21N5S/c1-15-5-3-7-18(11-15)26-14-22-28-23(19-8-4-6-16(2)27-19)24(29-22)21-12-17-13-25-10-9-20(17)30-21/h3-13,26H,14H2,1-2H3,(H,28,29). The van der Waals surface area contributed by atoms with E-state index in [1.807, 2.05) is 43.6 Å². The van der Waals surface area contributed by atoms with Gasteiger partial charge in [0.25, 0.3) is 0 Å². The quantitative estimate of drug-likeness (QED) is 0.373. The summed E-state index contributed by atoms with van der Waals surface area (Å²) >= 11 is 1.73. The highest BCUT2D eigenvalue weighted by atomic mass is 32.1. The fourth-order valence-corrected chi connectivity index (χ4v) is 4.52. The van der Waals surface area contributed by atoms with Crippen LogP contribution in [0.5, 0.6) is 0 Å². The number of aryl methyl sites for hydroxylation is 2. The summed E-state index contributed by atoms with van der Waals surface area (Å²) in [5.74, 6) is 0.875. The normalized spacial score (nSPS) is 11.1. The molecule has 6 heteroatoms. The number of imidazole rings is 1. The molecule has 0 radical (unpaired) electrons. The van der Waals surface area contributed by atoms with Gasteiger partial charge in [-0.05, 0) is 55.8 Å². The molecule has 0 aliphatic carbocycles. The van der Waals surface area contributed by atoms with Gasteiger partial charge in [-0.1, -0.05) is 18.2 Å². The Labute approximate surface area is 178 Å². The van der Waals surface area contributed by atoms with Gasteiger partial charge in [-0.2, -0.15) is 0 Å². The van der Waals surface area contributed by atoms with Gasteiger partial charge in [-0.25, -0.2) is 4.98 Å². The van der Waals surface area contributed by atoms with E-state index in [9.17, 15) is 0 Å². The van der Waals surface area contributed by atoms with Crippen LogP contribution >= 0.6 is 11.3 Å². The lowest BCUT2D eigenvalue weighted by Gasteiger charge is -2.04. The third-order valence-electron chi connectivity index (χ3n) is 4.92. The third kappa shape index (κ3) is 3.69. The summed E-state index contributed by atoms with van der Waals surface area (Å²) < 4.78 is 1.21. The SMILES string of the molecule is Cc1cccc(NCc2nc(-c3cccc(C)n3)c(-c3cc4cnccc4s3)[nH]2)c1. The molecular formula is C24H21N5S. The number of benzene rings is 1. The smallest absolute Gasteiger partial charge is 0.126 e. The Morgan fingerprint density at radius 3 is 2.73 bits per heavy atom. The van der Waals surface area contributed by atoms with E-state index in [0.717, 1.165) is 44.6 Å². The Bertz CT molecular complexity index is 1300. The van der Waals surface area contributed by atoms with Gasteiger partial charge in [-0.15, -0.1) is 11.3 Å². The fourth-order valence-electron chi connectivity index (χ4n) is 3.49. The van der Waals surface area contributed by atoms with Crippen molar-refractivity contribution in [2.75, 3.05) is 5.32 Å². The monoisotopic (exact) mass is 411 g/mol. The molecule has 0 bridgehead atoms. The van der Waals surface area contributed by atoms with Gasteiger partial charge in [0.05, 0.1) is 22.8 Å². The molecule has 0 saturated heterocycles. The van der Waals surface area contributed by atoms with Crippen LogP contribution in [0.1, 0.15) is 17.1 Å². The lowest BCUT2D eigenvalue weighted by Crippen LogP contribution is -2.01. The zero-order valence-corrected chi connectivity index (χ0v) is 17.6. The number of rotatable bonds is 5. The summed E-state index contributed by atoms with van der Waals surface area (Å²) in [7, 11) is 0. The molecule has 0 saturated carbocycles. The van der Waals surface area contributed by atoms with Crippen LogP contribution < -0.4 is 5.32 Å². The molecule has 30 heavy (non-hydrogen) atoms. The summed E-state index contributed by atoms with van der Waals surface area (Å²) in [5.41, 5.74) is 6.02. The molecule has 0 amide bonds. The molecule has 5 rings (SSSR count). The maximum Gasteiger partial charge on any atom is 0.126 e. The van der Waals surface area contributed by atoms with Crippen LogP contribution in [0.2, 0.25) is 0 Å². The van der Waals surface area contributed by atoms with Crippen molar-refractivity contribution < 1.29 is 0 Å². The number of thiophene rings is 1. The van der Waals surface area contributed by atoms with Crippen molar-refractivity contribution in [2.45, 2.75) is 20.4 Å². The molecule has 0 atom stereocenters. The summed E-state index contributed by atoms with van der Waals surface area (Å²) in [5, 5.41) is 4.60. The van der Waals surface area contributed by atoms with Crippen molar-refractivity contribution in [1.82, 2.24) is 19.9 Å². The third-order valence-corrected chi connectivity index (χ3v) is 6.06. The van der Waals surface area contributed by atoms with Crippen molar-refractivity contribution in [3.63, 3.8) is 0 Å². The van der Waals surface area contributed by atoms with Gasteiger partial charge < -0.3 is 10.3 Å². The minimum atomic E-state index is 0.606. The zero-order valence-electron chi connectivity index (χ0n) is 16.8. The summed E-state index contributed by atoms with van der Waals surface area (Å²) in [4.78, 5) is 18.5. The van der Waals surface area contributed by atoms with Crippen molar-refractivity contribution in [2.24, 2.45) is 0 Å². The van der Waals surface area contributed by atoms with Crippen molar-refractivity contribution in [3.8, 4) is 22.0 Å². The van der Waals surface area contributed by atoms with Crippen molar-refractivity contribution in [3.05, 3.63) is 84.1 Å². The minimum Gasteiger partial charge on any atom is -0.378 e. The molecule has 4 heterocycles. The molecular weight excluding hydrogens is 390 g/mol. The second-order valence-electron chi connectivity index (χ2n) is 7.32. The van der Waals surface area contributed by atoms with E-state index in [1.165, 1.54) is 10.3 Å². The molecule has 2 N–H and O–H groups in total. The van der Waals surface area contributed by atoms with Gasteiger partial charge in [0, 0.05) is 33.9 Å². The van der Waals surface area contributed by atoms with Crippen LogP contribution in [0, 0.1) is 13.8 Å². The highest BCUT2D eigenvalue weighted by Crippen LogP contribution is 2.37. The van der Waals surface area contributed by atoms with E-state index in [1.54, 1.807) is 11.3 Å². The van der Waals surface area contributed by atoms with Gasteiger partial charge >= 0.3 is 0 Å². The summed E-state index contributed by atoms with van der Waals surface area (Å²) in [6.07, 6.45) is 3.73. The number of fused-ring (bicyclic) bond motifs is 1. The Balaban J connectivity index is 1.55. The van der Waals surface area contributed by atoms with Crippen molar-refractivity contribution in [1.29, 1.82) is 0 Å². The number of hydrogen-bond acceptors (Lipinski definition) is 5. The number of pyridine rings is 2. The highest BCUT2D eigenvalue weighted by Gasteiger charge is 2.17. The first-order valence-electron chi connectivity index (χ1n) is 9.83. The average Bonchev–Trinajstić information content (AvgIpc) is 3.36. The minimum absolute atomic E-state index is 0.606. The van der Waals surface area contributed by atoms with E-state index in [2.05, 4.69) is 52.5 Å². The zero-order chi connectivity index (χ0) is 20.5. The molecule has 148 valence electrons.